The maximum absolute atomic E-state index is 12.9. The number of unbranched alkanes of at least 4 members (excludes halogenated alkanes) is 20. The molecule has 6 unspecified atom stereocenters. The van der Waals surface area contributed by atoms with Crippen molar-refractivity contribution in [1.82, 2.24) is 0 Å². The molecule has 6 atom stereocenters. The van der Waals surface area contributed by atoms with E-state index >= 15 is 0 Å². The van der Waals surface area contributed by atoms with Crippen molar-refractivity contribution in [3.63, 3.8) is 0 Å². The lowest BCUT2D eigenvalue weighted by Crippen LogP contribution is -2.60. The van der Waals surface area contributed by atoms with Gasteiger partial charge in [-0.05, 0) is 89.9 Å². The average Bonchev–Trinajstić information content (AvgIpc) is 3.34. The van der Waals surface area contributed by atoms with Crippen molar-refractivity contribution >= 4 is 16.4 Å². The highest BCUT2D eigenvalue weighted by Gasteiger charge is 2.48. The van der Waals surface area contributed by atoms with E-state index in [1.54, 1.807) is 0 Å². The van der Waals surface area contributed by atoms with Crippen LogP contribution < -0.4 is 0 Å². The van der Waals surface area contributed by atoms with Crippen molar-refractivity contribution in [2.45, 2.75) is 243 Å². The molecule has 1 fully saturated rings. The topological polar surface area (TPSA) is 178 Å². The normalized spacial score (nSPS) is 19.8. The molecule has 1 rings (SSSR count). The molecule has 70 heavy (non-hydrogen) atoms. The lowest BCUT2D eigenvalue weighted by atomic mass is 9.99. The van der Waals surface area contributed by atoms with Gasteiger partial charge in [-0.2, -0.15) is 8.42 Å². The van der Waals surface area contributed by atoms with Crippen molar-refractivity contribution < 1.29 is 56.2 Å². The molecule has 0 amide bonds. The minimum absolute atomic E-state index is 0.0241. The molecular formula is C57H98O12S. The third-order valence-corrected chi connectivity index (χ3v) is 12.5. The Morgan fingerprint density at radius 3 is 1.44 bits per heavy atom. The van der Waals surface area contributed by atoms with Crippen molar-refractivity contribution in [2.75, 3.05) is 26.4 Å². The number of ether oxygens (including phenoxy) is 4. The van der Waals surface area contributed by atoms with Crippen LogP contribution in [0.25, 0.3) is 0 Å². The largest absolute Gasteiger partial charge is 0.457 e. The number of hydrogen-bond donors (Lipinski definition) is 4. The van der Waals surface area contributed by atoms with Crippen molar-refractivity contribution in [3.8, 4) is 0 Å². The fourth-order valence-corrected chi connectivity index (χ4v) is 8.41. The van der Waals surface area contributed by atoms with E-state index in [0.29, 0.717) is 13.0 Å². The zero-order valence-corrected chi connectivity index (χ0v) is 44.4. The van der Waals surface area contributed by atoms with Crippen LogP contribution in [0, 0.1) is 0 Å². The standard InChI is InChI=1S/C57H98O12S/c1-3-5-7-9-11-13-15-17-19-21-23-24-25-26-27-29-31-33-35-37-39-41-43-45-47-65-49-51(50-66-57-55(61)56(69-70(62,63)64)54(60)52(48-58)68-57)67-53(59)46-44-42-40-38-36-34-32-30-28-22-20-18-16-14-12-10-8-6-4-2/h5,7,11-14,17-20,23-24,26-27,51-52,54-58,60-61H,3-4,6,8-10,15-16,21-22,25,28-50H2,1-2H3,(H,62,63,64)/b7-5-,13-11-,14-12-,19-17-,20-18-,24-23-,27-26-. The molecule has 0 aromatic carbocycles. The summed E-state index contributed by atoms with van der Waals surface area (Å²) >= 11 is 0. The summed E-state index contributed by atoms with van der Waals surface area (Å²) in [6.07, 6.45) is 54.6. The van der Waals surface area contributed by atoms with E-state index in [1.165, 1.54) is 89.9 Å². The first kappa shape index (κ1) is 65.3. The first-order valence-corrected chi connectivity index (χ1v) is 28.7. The van der Waals surface area contributed by atoms with Gasteiger partial charge in [-0.15, -0.1) is 0 Å². The van der Waals surface area contributed by atoms with Gasteiger partial charge in [0.05, 0.1) is 19.8 Å². The lowest BCUT2D eigenvalue weighted by molar-refractivity contribution is -0.301. The number of rotatable bonds is 47. The smallest absolute Gasteiger partial charge is 0.397 e. The predicted molar refractivity (Wildman–Crippen MR) is 285 cm³/mol. The van der Waals surface area contributed by atoms with Crippen LogP contribution in [0.4, 0.5) is 0 Å². The van der Waals surface area contributed by atoms with E-state index < -0.39 is 59.8 Å². The van der Waals surface area contributed by atoms with E-state index in [2.05, 4.69) is 103 Å². The summed E-state index contributed by atoms with van der Waals surface area (Å²) in [6.45, 7) is 3.83. The van der Waals surface area contributed by atoms with Crippen LogP contribution in [-0.2, 0) is 38.3 Å². The molecule has 0 aliphatic carbocycles. The molecule has 0 spiro atoms. The summed E-state index contributed by atoms with van der Waals surface area (Å²) in [5.74, 6) is -0.409. The van der Waals surface area contributed by atoms with Gasteiger partial charge in [0.15, 0.2) is 6.29 Å². The molecule has 1 saturated heterocycles. The van der Waals surface area contributed by atoms with Gasteiger partial charge in [0.2, 0.25) is 0 Å². The zero-order chi connectivity index (χ0) is 51.0. The number of allylic oxidation sites excluding steroid dienone is 14. The third kappa shape index (κ3) is 39.8. The first-order valence-electron chi connectivity index (χ1n) is 27.3. The number of hydrogen-bond acceptors (Lipinski definition) is 11. The highest BCUT2D eigenvalue weighted by atomic mass is 32.3. The Hall–Kier alpha value is -2.72. The van der Waals surface area contributed by atoms with Gasteiger partial charge in [0, 0.05) is 13.0 Å². The van der Waals surface area contributed by atoms with E-state index in [1.807, 2.05) is 0 Å². The van der Waals surface area contributed by atoms with Gasteiger partial charge < -0.3 is 34.3 Å². The maximum Gasteiger partial charge on any atom is 0.397 e. The Balaban J connectivity index is 2.34. The molecule has 1 aliphatic rings. The van der Waals surface area contributed by atoms with Gasteiger partial charge in [-0.25, -0.2) is 4.18 Å². The fraction of sp³-hybridized carbons (Fsp3) is 0.737. The number of carbonyl (C=O) groups is 1. The Labute approximate surface area is 425 Å². The van der Waals surface area contributed by atoms with E-state index in [9.17, 15) is 33.1 Å². The zero-order valence-electron chi connectivity index (χ0n) is 43.6. The van der Waals surface area contributed by atoms with Crippen molar-refractivity contribution in [1.29, 1.82) is 0 Å². The monoisotopic (exact) mass is 1010 g/mol. The van der Waals surface area contributed by atoms with E-state index in [-0.39, 0.29) is 19.6 Å². The van der Waals surface area contributed by atoms with E-state index in [4.69, 9.17) is 18.9 Å². The summed E-state index contributed by atoms with van der Waals surface area (Å²) in [5.41, 5.74) is 0. The van der Waals surface area contributed by atoms with Gasteiger partial charge in [0.25, 0.3) is 0 Å². The van der Waals surface area contributed by atoms with Gasteiger partial charge in [-0.1, -0.05) is 195 Å². The highest BCUT2D eigenvalue weighted by Crippen LogP contribution is 2.26. The molecule has 0 saturated carbocycles. The second-order valence-corrected chi connectivity index (χ2v) is 19.5. The van der Waals surface area contributed by atoms with Crippen LogP contribution in [0.15, 0.2) is 85.1 Å². The number of carbonyl (C=O) groups excluding carboxylic acids is 1. The molecule has 13 heteroatoms. The Bertz CT molecular complexity index is 1540. The van der Waals surface area contributed by atoms with Crippen molar-refractivity contribution in [3.05, 3.63) is 85.1 Å². The average molecular weight is 1010 g/mol. The Kier molecular flexibility index (Phi) is 44.1. The molecule has 404 valence electrons. The molecule has 12 nitrogen and oxygen atoms in total. The van der Waals surface area contributed by atoms with Gasteiger partial charge in [0.1, 0.15) is 30.5 Å². The quantitative estimate of drug-likeness (QED) is 0.0197. The maximum atomic E-state index is 12.9. The predicted octanol–water partition coefficient (Wildman–Crippen LogP) is 13.2. The van der Waals surface area contributed by atoms with Crippen LogP contribution in [0.3, 0.4) is 0 Å². The third-order valence-electron chi connectivity index (χ3n) is 12.0. The summed E-state index contributed by atoms with van der Waals surface area (Å²) in [4.78, 5) is 12.9. The summed E-state index contributed by atoms with van der Waals surface area (Å²) < 4.78 is 59.4. The highest BCUT2D eigenvalue weighted by molar-refractivity contribution is 7.80. The molecule has 0 aromatic rings. The second-order valence-electron chi connectivity index (χ2n) is 18.4. The van der Waals surface area contributed by atoms with Gasteiger partial charge >= 0.3 is 16.4 Å². The van der Waals surface area contributed by atoms with Crippen LogP contribution >= 0.6 is 0 Å². The fourth-order valence-electron chi connectivity index (χ4n) is 7.91. The Morgan fingerprint density at radius 2 is 0.986 bits per heavy atom. The summed E-state index contributed by atoms with van der Waals surface area (Å²) in [6, 6.07) is 0. The minimum Gasteiger partial charge on any atom is -0.457 e. The SMILES string of the molecule is CC/C=C\C/C=C\C/C=C\C/C=C\C/C=C\CCCCCCCCCCOCC(COC1OC(CO)C(O)C(OS(=O)(=O)O)C1O)OC(=O)CCCCCCCCCCC/C=C\C/C=C\CCCCC. The minimum atomic E-state index is -5.07. The van der Waals surface area contributed by atoms with E-state index in [0.717, 1.165) is 89.9 Å². The van der Waals surface area contributed by atoms with Crippen LogP contribution in [0.5, 0.6) is 0 Å². The molecule has 0 aromatic heterocycles. The summed E-state index contributed by atoms with van der Waals surface area (Å²) in [5, 5.41) is 30.8. The van der Waals surface area contributed by atoms with Crippen LogP contribution in [-0.4, -0.2) is 97.5 Å². The number of esters is 1. The molecule has 1 heterocycles. The molecule has 0 bridgehead atoms. The molecule has 1 aliphatic heterocycles. The lowest BCUT2D eigenvalue weighted by Gasteiger charge is -2.41. The first-order chi connectivity index (χ1) is 34.1. The molecule has 0 radical (unpaired) electrons. The molecular weight excluding hydrogens is 909 g/mol. The van der Waals surface area contributed by atoms with Crippen LogP contribution in [0.1, 0.15) is 206 Å². The number of aliphatic hydroxyl groups excluding tert-OH is 3. The number of aliphatic hydroxyl groups is 3. The second kappa shape index (κ2) is 47.3. The van der Waals surface area contributed by atoms with Crippen molar-refractivity contribution in [2.24, 2.45) is 0 Å². The Morgan fingerprint density at radius 1 is 0.557 bits per heavy atom. The van der Waals surface area contributed by atoms with Crippen LogP contribution in [0.2, 0.25) is 0 Å². The molecule has 4 N–H and O–H groups in total. The summed E-state index contributed by atoms with van der Waals surface area (Å²) in [7, 11) is -5.07. The van der Waals surface area contributed by atoms with Gasteiger partial charge in [-0.3, -0.25) is 9.35 Å².